The molecule has 0 heterocycles. The van der Waals surface area contributed by atoms with Crippen molar-refractivity contribution in [1.82, 2.24) is 0 Å². The van der Waals surface area contributed by atoms with Crippen LogP contribution in [-0.2, 0) is 6.18 Å². The second-order valence-electron chi connectivity index (χ2n) is 3.83. The highest BCUT2D eigenvalue weighted by atomic mass is 19.4. The first-order valence-corrected chi connectivity index (χ1v) is 4.60. The highest BCUT2D eigenvalue weighted by Crippen LogP contribution is 2.34. The Morgan fingerprint density at radius 2 is 1.67 bits per heavy atom. The van der Waals surface area contributed by atoms with E-state index >= 15 is 0 Å². The monoisotopic (exact) mass is 220 g/mol. The van der Waals surface area contributed by atoms with Gasteiger partial charge in [-0.2, -0.15) is 13.2 Å². The van der Waals surface area contributed by atoms with Gasteiger partial charge in [-0.15, -0.1) is 0 Å². The van der Waals surface area contributed by atoms with Gasteiger partial charge in [0, 0.05) is 0 Å². The van der Waals surface area contributed by atoms with Crippen LogP contribution in [0.3, 0.4) is 0 Å². The zero-order valence-corrected chi connectivity index (χ0v) is 8.74. The summed E-state index contributed by atoms with van der Waals surface area (Å²) in [4.78, 5) is 0. The molecule has 1 rings (SSSR count). The zero-order chi connectivity index (χ0) is 11.8. The molecule has 0 spiro atoms. The molecule has 0 saturated heterocycles. The van der Waals surface area contributed by atoms with Crippen LogP contribution in [-0.4, -0.2) is 0 Å². The van der Waals surface area contributed by atoms with Gasteiger partial charge in [-0.25, -0.2) is 4.39 Å². The summed E-state index contributed by atoms with van der Waals surface area (Å²) < 4.78 is 50.7. The first-order valence-electron chi connectivity index (χ1n) is 4.60. The second kappa shape index (κ2) is 3.83. The average molecular weight is 220 g/mol. The summed E-state index contributed by atoms with van der Waals surface area (Å²) in [7, 11) is 0. The van der Waals surface area contributed by atoms with Gasteiger partial charge in [-0.1, -0.05) is 13.8 Å². The van der Waals surface area contributed by atoms with Crippen molar-refractivity contribution in [3.63, 3.8) is 0 Å². The standard InChI is InChI=1S/C11H12F4/c1-6(2)8-4-9(11(13,14)15)7(3)10(12)5-8/h4-6H,1-3H3. The van der Waals surface area contributed by atoms with Crippen LogP contribution in [0.2, 0.25) is 0 Å². The smallest absolute Gasteiger partial charge is 0.207 e. The van der Waals surface area contributed by atoms with Crippen molar-refractivity contribution in [3.8, 4) is 0 Å². The third-order valence-electron chi connectivity index (χ3n) is 2.34. The van der Waals surface area contributed by atoms with Crippen LogP contribution >= 0.6 is 0 Å². The Balaban J connectivity index is 3.38. The molecule has 84 valence electrons. The van der Waals surface area contributed by atoms with Gasteiger partial charge >= 0.3 is 6.18 Å². The van der Waals surface area contributed by atoms with Crippen LogP contribution in [0.5, 0.6) is 0 Å². The van der Waals surface area contributed by atoms with Crippen LogP contribution in [0.15, 0.2) is 12.1 Å². The van der Waals surface area contributed by atoms with Crippen molar-refractivity contribution in [2.75, 3.05) is 0 Å². The van der Waals surface area contributed by atoms with Crippen LogP contribution in [0.4, 0.5) is 17.6 Å². The van der Waals surface area contributed by atoms with Crippen molar-refractivity contribution in [2.45, 2.75) is 32.9 Å². The molecular formula is C11H12F4. The number of benzene rings is 1. The Morgan fingerprint density at radius 1 is 1.13 bits per heavy atom. The Bertz CT molecular complexity index is 364. The fourth-order valence-electron chi connectivity index (χ4n) is 1.33. The fourth-order valence-corrected chi connectivity index (χ4v) is 1.33. The second-order valence-corrected chi connectivity index (χ2v) is 3.83. The predicted molar refractivity (Wildman–Crippen MR) is 50.2 cm³/mol. The topological polar surface area (TPSA) is 0 Å². The summed E-state index contributed by atoms with van der Waals surface area (Å²) in [6.45, 7) is 4.59. The lowest BCUT2D eigenvalue weighted by molar-refractivity contribution is -0.138. The van der Waals surface area contributed by atoms with E-state index in [9.17, 15) is 17.6 Å². The van der Waals surface area contributed by atoms with E-state index in [4.69, 9.17) is 0 Å². The Kier molecular flexibility index (Phi) is 3.07. The van der Waals surface area contributed by atoms with E-state index < -0.39 is 17.6 Å². The highest BCUT2D eigenvalue weighted by Gasteiger charge is 2.33. The molecule has 0 aliphatic rings. The van der Waals surface area contributed by atoms with E-state index in [2.05, 4.69) is 0 Å². The summed E-state index contributed by atoms with van der Waals surface area (Å²) in [6.07, 6.45) is -4.49. The van der Waals surface area contributed by atoms with E-state index in [1.54, 1.807) is 13.8 Å². The average Bonchev–Trinajstić information content (AvgIpc) is 2.06. The van der Waals surface area contributed by atoms with Gasteiger partial charge < -0.3 is 0 Å². The lowest BCUT2D eigenvalue weighted by Gasteiger charge is -2.14. The molecule has 1 aromatic carbocycles. The molecule has 15 heavy (non-hydrogen) atoms. The normalized spacial score (nSPS) is 12.3. The van der Waals surface area contributed by atoms with E-state index in [1.807, 2.05) is 0 Å². The molecule has 1 aromatic rings. The molecule has 0 amide bonds. The molecule has 0 aliphatic carbocycles. The summed E-state index contributed by atoms with van der Waals surface area (Å²) in [6, 6.07) is 2.18. The fraction of sp³-hybridized carbons (Fsp3) is 0.455. The summed E-state index contributed by atoms with van der Waals surface area (Å²) in [5.74, 6) is -0.922. The van der Waals surface area contributed by atoms with Crippen molar-refractivity contribution in [1.29, 1.82) is 0 Å². The van der Waals surface area contributed by atoms with Crippen LogP contribution in [0.1, 0.15) is 36.5 Å². The van der Waals surface area contributed by atoms with Gasteiger partial charge in [0.2, 0.25) is 0 Å². The minimum absolute atomic E-state index is 0.124. The number of hydrogen-bond donors (Lipinski definition) is 0. The molecule has 0 atom stereocenters. The Labute approximate surface area is 85.9 Å². The molecular weight excluding hydrogens is 208 g/mol. The zero-order valence-electron chi connectivity index (χ0n) is 8.74. The number of rotatable bonds is 1. The lowest BCUT2D eigenvalue weighted by atomic mass is 9.97. The maximum absolute atomic E-state index is 13.2. The third-order valence-corrected chi connectivity index (χ3v) is 2.34. The SMILES string of the molecule is Cc1c(F)cc(C(C)C)cc1C(F)(F)F. The van der Waals surface area contributed by atoms with Gasteiger partial charge in [0.1, 0.15) is 5.82 Å². The van der Waals surface area contributed by atoms with Gasteiger partial charge in [0.05, 0.1) is 5.56 Å². The van der Waals surface area contributed by atoms with Crippen LogP contribution in [0, 0.1) is 12.7 Å². The highest BCUT2D eigenvalue weighted by molar-refractivity contribution is 5.35. The van der Waals surface area contributed by atoms with Crippen molar-refractivity contribution in [2.24, 2.45) is 0 Å². The molecule has 0 unspecified atom stereocenters. The summed E-state index contributed by atoms with van der Waals surface area (Å²) in [5.41, 5.74) is -0.858. The number of halogens is 4. The van der Waals surface area contributed by atoms with E-state index in [1.165, 1.54) is 0 Å². The Morgan fingerprint density at radius 3 is 2.07 bits per heavy atom. The minimum Gasteiger partial charge on any atom is -0.207 e. The molecule has 0 aliphatic heterocycles. The molecule has 4 heteroatoms. The molecule has 0 saturated carbocycles. The maximum Gasteiger partial charge on any atom is 0.416 e. The van der Waals surface area contributed by atoms with Gasteiger partial charge in [-0.05, 0) is 36.1 Å². The first-order chi connectivity index (χ1) is 6.73. The molecule has 0 fully saturated rings. The first kappa shape index (κ1) is 12.0. The molecule has 0 radical (unpaired) electrons. The van der Waals surface area contributed by atoms with Crippen molar-refractivity contribution >= 4 is 0 Å². The van der Waals surface area contributed by atoms with Crippen LogP contribution < -0.4 is 0 Å². The van der Waals surface area contributed by atoms with E-state index in [0.717, 1.165) is 19.1 Å². The summed E-state index contributed by atoms with van der Waals surface area (Å²) >= 11 is 0. The minimum atomic E-state index is -4.49. The van der Waals surface area contributed by atoms with Crippen molar-refractivity contribution in [3.05, 3.63) is 34.6 Å². The van der Waals surface area contributed by atoms with Gasteiger partial charge in [0.15, 0.2) is 0 Å². The maximum atomic E-state index is 13.2. The Hall–Kier alpha value is -1.06. The summed E-state index contributed by atoms with van der Waals surface area (Å²) in [5, 5.41) is 0. The number of hydrogen-bond acceptors (Lipinski definition) is 0. The largest absolute Gasteiger partial charge is 0.416 e. The van der Waals surface area contributed by atoms with Crippen molar-refractivity contribution < 1.29 is 17.6 Å². The van der Waals surface area contributed by atoms with Gasteiger partial charge in [0.25, 0.3) is 0 Å². The molecule has 0 bridgehead atoms. The van der Waals surface area contributed by atoms with Gasteiger partial charge in [-0.3, -0.25) is 0 Å². The van der Waals surface area contributed by atoms with Crippen LogP contribution in [0.25, 0.3) is 0 Å². The number of alkyl halides is 3. The van der Waals surface area contributed by atoms with E-state index in [0.29, 0.717) is 5.56 Å². The third kappa shape index (κ3) is 2.49. The predicted octanol–water partition coefficient (Wildman–Crippen LogP) is 4.28. The van der Waals surface area contributed by atoms with E-state index in [-0.39, 0.29) is 11.5 Å². The quantitative estimate of drug-likeness (QED) is 0.620. The molecule has 0 nitrogen and oxygen atoms in total. The molecule has 0 aromatic heterocycles. The lowest BCUT2D eigenvalue weighted by Crippen LogP contribution is -2.10. The molecule has 0 N–H and O–H groups in total.